The van der Waals surface area contributed by atoms with Crippen LogP contribution in [0.25, 0.3) is 11.3 Å². The Morgan fingerprint density at radius 3 is 2.54 bits per heavy atom. The maximum atomic E-state index is 4.90. The number of fused-ring (bicyclic) bond motifs is 1. The number of hydrogen-bond acceptors (Lipinski definition) is 3. The molecule has 0 atom stereocenters. The molecule has 0 spiro atoms. The van der Waals surface area contributed by atoms with E-state index in [9.17, 15) is 0 Å². The van der Waals surface area contributed by atoms with Crippen LogP contribution in [0.4, 0.5) is 11.5 Å². The standard InChI is InChI=1S/C20H22N4/c1-14-10-15(2)12-17(11-14)22-20-19(16-6-4-3-5-7-16)23-18-13-21-8-9-24(18)20/h3-7,10-12,21-22H,8-9,13H2,1-2H3. The van der Waals surface area contributed by atoms with E-state index in [2.05, 4.69) is 71.5 Å². The van der Waals surface area contributed by atoms with Crippen LogP contribution in [0.15, 0.2) is 48.5 Å². The first-order chi connectivity index (χ1) is 11.7. The summed E-state index contributed by atoms with van der Waals surface area (Å²) in [5.74, 6) is 2.18. The third kappa shape index (κ3) is 2.81. The second-order valence-corrected chi connectivity index (χ2v) is 6.42. The second kappa shape index (κ2) is 6.13. The maximum absolute atomic E-state index is 4.90. The quantitative estimate of drug-likeness (QED) is 0.766. The number of rotatable bonds is 3. The van der Waals surface area contributed by atoms with Gasteiger partial charge in [0.2, 0.25) is 0 Å². The third-order valence-electron chi connectivity index (χ3n) is 4.37. The molecule has 0 fully saturated rings. The summed E-state index contributed by atoms with van der Waals surface area (Å²) in [6.07, 6.45) is 0. The highest BCUT2D eigenvalue weighted by molar-refractivity contribution is 5.76. The number of hydrogen-bond donors (Lipinski definition) is 2. The minimum absolute atomic E-state index is 0.814. The number of anilines is 2. The zero-order chi connectivity index (χ0) is 16.5. The summed E-state index contributed by atoms with van der Waals surface area (Å²) < 4.78 is 2.30. The van der Waals surface area contributed by atoms with Crippen molar-refractivity contribution in [2.75, 3.05) is 11.9 Å². The van der Waals surface area contributed by atoms with Crippen LogP contribution in [0.2, 0.25) is 0 Å². The largest absolute Gasteiger partial charge is 0.340 e. The van der Waals surface area contributed by atoms with Crippen molar-refractivity contribution >= 4 is 11.5 Å². The minimum atomic E-state index is 0.814. The number of aromatic nitrogens is 2. The average molecular weight is 318 g/mol. The minimum Gasteiger partial charge on any atom is -0.340 e. The maximum Gasteiger partial charge on any atom is 0.138 e. The highest BCUT2D eigenvalue weighted by atomic mass is 15.2. The molecule has 4 heteroatoms. The van der Waals surface area contributed by atoms with Crippen LogP contribution in [0, 0.1) is 13.8 Å². The molecule has 122 valence electrons. The van der Waals surface area contributed by atoms with Gasteiger partial charge in [-0.2, -0.15) is 0 Å². The number of imidazole rings is 1. The second-order valence-electron chi connectivity index (χ2n) is 6.42. The van der Waals surface area contributed by atoms with Crippen molar-refractivity contribution in [1.82, 2.24) is 14.9 Å². The number of benzene rings is 2. The van der Waals surface area contributed by atoms with Crippen molar-refractivity contribution in [2.45, 2.75) is 26.9 Å². The molecule has 1 aliphatic heterocycles. The van der Waals surface area contributed by atoms with Crippen molar-refractivity contribution in [3.05, 3.63) is 65.5 Å². The smallest absolute Gasteiger partial charge is 0.138 e. The Balaban J connectivity index is 1.82. The zero-order valence-corrected chi connectivity index (χ0v) is 14.1. The molecular weight excluding hydrogens is 296 g/mol. The van der Waals surface area contributed by atoms with E-state index in [4.69, 9.17) is 4.98 Å². The predicted molar refractivity (Wildman–Crippen MR) is 98.6 cm³/mol. The molecule has 24 heavy (non-hydrogen) atoms. The Hall–Kier alpha value is -2.59. The molecule has 0 saturated carbocycles. The fourth-order valence-electron chi connectivity index (χ4n) is 3.37. The lowest BCUT2D eigenvalue weighted by atomic mass is 10.1. The third-order valence-corrected chi connectivity index (χ3v) is 4.37. The zero-order valence-electron chi connectivity index (χ0n) is 14.1. The molecule has 1 aliphatic rings. The summed E-state index contributed by atoms with van der Waals surface area (Å²) in [6, 6.07) is 17.0. The molecule has 2 N–H and O–H groups in total. The van der Waals surface area contributed by atoms with E-state index >= 15 is 0 Å². The first kappa shape index (κ1) is 15.0. The Morgan fingerprint density at radius 2 is 1.79 bits per heavy atom. The molecule has 3 aromatic rings. The highest BCUT2D eigenvalue weighted by Gasteiger charge is 2.20. The summed E-state index contributed by atoms with van der Waals surface area (Å²) in [5.41, 5.74) is 5.81. The molecule has 1 aromatic heterocycles. The Morgan fingerprint density at radius 1 is 1.04 bits per heavy atom. The number of nitrogens with one attached hydrogen (secondary N) is 2. The van der Waals surface area contributed by atoms with Gasteiger partial charge in [0, 0.05) is 24.3 Å². The number of nitrogens with zero attached hydrogens (tertiary/aromatic N) is 2. The lowest BCUT2D eigenvalue weighted by molar-refractivity contribution is 0.509. The van der Waals surface area contributed by atoms with Gasteiger partial charge in [0.25, 0.3) is 0 Å². The topological polar surface area (TPSA) is 41.9 Å². The molecule has 0 amide bonds. The summed E-state index contributed by atoms with van der Waals surface area (Å²) in [5, 5.41) is 7.04. The molecule has 0 bridgehead atoms. The van der Waals surface area contributed by atoms with Gasteiger partial charge in [-0.3, -0.25) is 0 Å². The van der Waals surface area contributed by atoms with Crippen LogP contribution in [-0.4, -0.2) is 16.1 Å². The van der Waals surface area contributed by atoms with E-state index in [1.54, 1.807) is 0 Å². The lowest BCUT2D eigenvalue weighted by Crippen LogP contribution is -2.28. The summed E-state index contributed by atoms with van der Waals surface area (Å²) in [7, 11) is 0. The monoisotopic (exact) mass is 318 g/mol. The molecular formula is C20H22N4. The van der Waals surface area contributed by atoms with Gasteiger partial charge < -0.3 is 15.2 Å². The van der Waals surface area contributed by atoms with E-state index in [-0.39, 0.29) is 0 Å². The molecule has 0 saturated heterocycles. The van der Waals surface area contributed by atoms with Crippen LogP contribution in [0.5, 0.6) is 0 Å². The predicted octanol–water partition coefficient (Wildman–Crippen LogP) is 4.01. The van der Waals surface area contributed by atoms with E-state index in [1.807, 2.05) is 6.07 Å². The Kier molecular flexibility index (Phi) is 3.82. The van der Waals surface area contributed by atoms with Gasteiger partial charge in [-0.25, -0.2) is 4.98 Å². The van der Waals surface area contributed by atoms with Crippen molar-refractivity contribution in [1.29, 1.82) is 0 Å². The van der Waals surface area contributed by atoms with Crippen molar-refractivity contribution in [3.8, 4) is 11.3 Å². The fraction of sp³-hybridized carbons (Fsp3) is 0.250. The molecule has 0 unspecified atom stereocenters. The molecule has 4 nitrogen and oxygen atoms in total. The van der Waals surface area contributed by atoms with Crippen molar-refractivity contribution in [2.24, 2.45) is 0 Å². The van der Waals surface area contributed by atoms with Crippen LogP contribution in [-0.2, 0) is 13.1 Å². The van der Waals surface area contributed by atoms with Crippen LogP contribution in [0.1, 0.15) is 17.0 Å². The van der Waals surface area contributed by atoms with Gasteiger partial charge in [0.05, 0.1) is 6.54 Å². The number of aryl methyl sites for hydroxylation is 2. The van der Waals surface area contributed by atoms with Crippen LogP contribution in [0.3, 0.4) is 0 Å². The van der Waals surface area contributed by atoms with E-state index in [1.165, 1.54) is 11.1 Å². The van der Waals surface area contributed by atoms with Crippen LogP contribution >= 0.6 is 0 Å². The Labute approximate surface area is 142 Å². The summed E-state index contributed by atoms with van der Waals surface area (Å²) in [6.45, 7) is 6.98. The highest BCUT2D eigenvalue weighted by Crippen LogP contribution is 2.32. The normalized spacial score (nSPS) is 13.6. The first-order valence-corrected chi connectivity index (χ1v) is 8.41. The van der Waals surface area contributed by atoms with Crippen molar-refractivity contribution in [3.63, 3.8) is 0 Å². The molecule has 0 radical (unpaired) electrons. The molecule has 2 heterocycles. The van der Waals surface area contributed by atoms with Crippen LogP contribution < -0.4 is 10.6 Å². The Bertz CT molecular complexity index is 845. The van der Waals surface area contributed by atoms with Gasteiger partial charge in [0.15, 0.2) is 0 Å². The average Bonchev–Trinajstić information content (AvgIpc) is 2.94. The first-order valence-electron chi connectivity index (χ1n) is 8.41. The SMILES string of the molecule is Cc1cc(C)cc(Nc2c(-c3ccccc3)nc3n2CCNC3)c1. The summed E-state index contributed by atoms with van der Waals surface area (Å²) >= 11 is 0. The van der Waals surface area contributed by atoms with Gasteiger partial charge in [-0.15, -0.1) is 0 Å². The van der Waals surface area contributed by atoms with E-state index in [0.29, 0.717) is 0 Å². The van der Waals surface area contributed by atoms with Crippen molar-refractivity contribution < 1.29 is 0 Å². The van der Waals surface area contributed by atoms with Gasteiger partial charge in [0.1, 0.15) is 17.3 Å². The molecule has 0 aliphatic carbocycles. The molecule has 4 rings (SSSR count). The summed E-state index contributed by atoms with van der Waals surface area (Å²) in [4.78, 5) is 4.90. The van der Waals surface area contributed by atoms with E-state index < -0.39 is 0 Å². The van der Waals surface area contributed by atoms with E-state index in [0.717, 1.165) is 48.2 Å². The molecule has 2 aromatic carbocycles. The van der Waals surface area contributed by atoms with Gasteiger partial charge >= 0.3 is 0 Å². The van der Waals surface area contributed by atoms with Gasteiger partial charge in [-0.05, 0) is 37.1 Å². The van der Waals surface area contributed by atoms with Gasteiger partial charge in [-0.1, -0.05) is 36.4 Å². The fourth-order valence-corrected chi connectivity index (χ4v) is 3.37. The lowest BCUT2D eigenvalue weighted by Gasteiger charge is -2.19.